The van der Waals surface area contributed by atoms with Gasteiger partial charge in [0.05, 0.1) is 11.0 Å². The van der Waals surface area contributed by atoms with Crippen LogP contribution in [0.25, 0.3) is 5.65 Å². The fourth-order valence-electron chi connectivity index (χ4n) is 3.00. The summed E-state index contributed by atoms with van der Waals surface area (Å²) in [6.07, 6.45) is -3.21. The fourth-order valence-corrected chi connectivity index (χ4v) is 3.74. The highest BCUT2D eigenvalue weighted by Crippen LogP contribution is 2.32. The normalized spacial score (nSPS) is 11.8. The number of nitrogens with one attached hydrogen (secondary N) is 1. The molecule has 0 saturated carbocycles. The van der Waals surface area contributed by atoms with Crippen molar-refractivity contribution < 1.29 is 22.4 Å². The number of alkyl halides is 3. The molecule has 3 aromatic heterocycles. The van der Waals surface area contributed by atoms with E-state index >= 15 is 0 Å². The Bertz CT molecular complexity index is 1330. The molecule has 0 atom stereocenters. The molecule has 0 unspecified atom stereocenters. The Morgan fingerprint density at radius 3 is 2.69 bits per heavy atom. The predicted molar refractivity (Wildman–Crippen MR) is 111 cm³/mol. The third kappa shape index (κ3) is 4.19. The van der Waals surface area contributed by atoms with Crippen LogP contribution in [0.2, 0.25) is 5.02 Å². The number of hydrogen-bond donors (Lipinski definition) is 1. The predicted octanol–water partition coefficient (Wildman–Crippen LogP) is 5.11. The number of rotatable bonds is 4. The van der Waals surface area contributed by atoms with E-state index in [2.05, 4.69) is 36.4 Å². The molecule has 13 heteroatoms. The van der Waals surface area contributed by atoms with Gasteiger partial charge in [-0.1, -0.05) is 17.7 Å². The maximum absolute atomic E-state index is 14.0. The first-order valence-electron chi connectivity index (χ1n) is 8.95. The second-order valence-electron chi connectivity index (χ2n) is 6.73. The molecule has 0 spiro atoms. The van der Waals surface area contributed by atoms with E-state index in [1.807, 2.05) is 0 Å². The van der Waals surface area contributed by atoms with Crippen molar-refractivity contribution in [3.05, 3.63) is 74.5 Å². The van der Waals surface area contributed by atoms with Crippen LogP contribution in [0.3, 0.4) is 0 Å². The van der Waals surface area contributed by atoms with E-state index < -0.39 is 23.6 Å². The second-order valence-corrected chi connectivity index (χ2v) is 7.93. The van der Waals surface area contributed by atoms with Crippen molar-refractivity contribution in [2.75, 3.05) is 5.32 Å². The first-order chi connectivity index (χ1) is 15.0. The molecule has 0 fully saturated rings. The van der Waals surface area contributed by atoms with Gasteiger partial charge in [-0.25, -0.2) is 13.9 Å². The van der Waals surface area contributed by atoms with E-state index in [0.29, 0.717) is 4.52 Å². The van der Waals surface area contributed by atoms with Gasteiger partial charge >= 0.3 is 6.18 Å². The Labute approximate surface area is 191 Å². The van der Waals surface area contributed by atoms with Crippen LogP contribution in [0.15, 0.2) is 41.0 Å². The summed E-state index contributed by atoms with van der Waals surface area (Å²) < 4.78 is 56.0. The molecule has 4 rings (SSSR count). The molecular formula is C19H12BrClF4N6O. The first kappa shape index (κ1) is 22.2. The van der Waals surface area contributed by atoms with Gasteiger partial charge in [-0.15, -0.1) is 0 Å². The molecule has 1 aromatic carbocycles. The van der Waals surface area contributed by atoms with E-state index in [4.69, 9.17) is 11.6 Å². The minimum Gasteiger partial charge on any atom is -0.304 e. The van der Waals surface area contributed by atoms with Crippen LogP contribution in [0.4, 0.5) is 23.4 Å². The Morgan fingerprint density at radius 1 is 1.25 bits per heavy atom. The highest BCUT2D eigenvalue weighted by Gasteiger charge is 2.36. The standard InChI is InChI=1S/C19H12BrClF4N6O/c1-9-7-13(19(23,24)25)31-17(26-9)15(20)16(29-31)18(32)27-14-5-6-30(28-14)8-10-11(21)3-2-4-12(10)22/h2-7H,8H2,1H3,(H,27,28,32). The molecule has 0 aliphatic rings. The second kappa shape index (κ2) is 8.17. The average molecular weight is 532 g/mol. The third-order valence-electron chi connectivity index (χ3n) is 4.43. The highest BCUT2D eigenvalue weighted by atomic mass is 79.9. The van der Waals surface area contributed by atoms with Crippen LogP contribution in [0, 0.1) is 12.7 Å². The van der Waals surface area contributed by atoms with Gasteiger partial charge in [-0.3, -0.25) is 9.48 Å². The van der Waals surface area contributed by atoms with Crippen molar-refractivity contribution in [1.29, 1.82) is 0 Å². The van der Waals surface area contributed by atoms with Gasteiger partial charge in [0.25, 0.3) is 5.91 Å². The van der Waals surface area contributed by atoms with Crippen LogP contribution in [-0.2, 0) is 12.7 Å². The van der Waals surface area contributed by atoms with Crippen LogP contribution < -0.4 is 5.32 Å². The van der Waals surface area contributed by atoms with Crippen molar-refractivity contribution in [1.82, 2.24) is 24.4 Å². The van der Waals surface area contributed by atoms with Crippen LogP contribution in [-0.4, -0.2) is 30.3 Å². The quantitative estimate of drug-likeness (QED) is 0.372. The third-order valence-corrected chi connectivity index (χ3v) is 5.51. The topological polar surface area (TPSA) is 77.1 Å². The molecule has 0 saturated heterocycles. The van der Waals surface area contributed by atoms with Gasteiger partial charge < -0.3 is 5.32 Å². The number of nitrogens with zero attached hydrogens (tertiary/aromatic N) is 5. The average Bonchev–Trinajstić information content (AvgIpc) is 3.28. The number of anilines is 1. The Balaban J connectivity index is 1.61. The number of aromatic nitrogens is 5. The molecule has 0 radical (unpaired) electrons. The van der Waals surface area contributed by atoms with E-state index in [1.165, 1.54) is 42.1 Å². The number of carbonyl (C=O) groups is 1. The van der Waals surface area contributed by atoms with Gasteiger partial charge in [0.2, 0.25) is 0 Å². The molecule has 1 amide bonds. The van der Waals surface area contributed by atoms with Gasteiger partial charge in [0.15, 0.2) is 17.2 Å². The lowest BCUT2D eigenvalue weighted by Crippen LogP contribution is -2.16. The van der Waals surface area contributed by atoms with Crippen LogP contribution in [0.1, 0.15) is 27.4 Å². The summed E-state index contributed by atoms with van der Waals surface area (Å²) in [4.78, 5) is 16.7. The number of hydrogen-bond acceptors (Lipinski definition) is 4. The van der Waals surface area contributed by atoms with Gasteiger partial charge in [-0.2, -0.15) is 23.4 Å². The van der Waals surface area contributed by atoms with Crippen molar-refractivity contribution in [2.24, 2.45) is 0 Å². The smallest absolute Gasteiger partial charge is 0.304 e. The number of fused-ring (bicyclic) bond motifs is 1. The van der Waals surface area contributed by atoms with Crippen molar-refractivity contribution in [3.8, 4) is 0 Å². The lowest BCUT2D eigenvalue weighted by molar-refractivity contribution is -0.142. The van der Waals surface area contributed by atoms with Crippen LogP contribution in [0.5, 0.6) is 0 Å². The van der Waals surface area contributed by atoms with Gasteiger partial charge in [0.1, 0.15) is 11.5 Å². The largest absolute Gasteiger partial charge is 0.433 e. The monoisotopic (exact) mass is 530 g/mol. The summed E-state index contributed by atoms with van der Waals surface area (Å²) in [5, 5.41) is 10.6. The molecule has 166 valence electrons. The maximum atomic E-state index is 14.0. The summed E-state index contributed by atoms with van der Waals surface area (Å²) in [6, 6.07) is 6.56. The highest BCUT2D eigenvalue weighted by molar-refractivity contribution is 9.10. The molecule has 7 nitrogen and oxygen atoms in total. The number of benzene rings is 1. The Hall–Kier alpha value is -2.99. The minimum absolute atomic E-state index is 0.00164. The SMILES string of the molecule is Cc1cc(C(F)(F)F)n2nc(C(=O)Nc3ccn(Cc4c(F)cccc4Cl)n3)c(Br)c2n1. The number of carbonyl (C=O) groups excluding carboxylic acids is 1. The van der Waals surface area contributed by atoms with Gasteiger partial charge in [0, 0.05) is 28.5 Å². The summed E-state index contributed by atoms with van der Waals surface area (Å²) in [6.45, 7) is 1.42. The molecule has 1 N–H and O–H groups in total. The maximum Gasteiger partial charge on any atom is 0.433 e. The minimum atomic E-state index is -4.70. The summed E-state index contributed by atoms with van der Waals surface area (Å²) in [5.41, 5.74) is -1.18. The van der Waals surface area contributed by atoms with E-state index in [0.717, 1.165) is 6.07 Å². The molecule has 0 aliphatic heterocycles. The Morgan fingerprint density at radius 2 is 2.00 bits per heavy atom. The van der Waals surface area contributed by atoms with Crippen molar-refractivity contribution in [2.45, 2.75) is 19.6 Å². The van der Waals surface area contributed by atoms with E-state index in [9.17, 15) is 22.4 Å². The van der Waals surface area contributed by atoms with Crippen molar-refractivity contribution >= 4 is 44.9 Å². The summed E-state index contributed by atoms with van der Waals surface area (Å²) in [5.74, 6) is -1.22. The first-order valence-corrected chi connectivity index (χ1v) is 10.1. The molecule has 32 heavy (non-hydrogen) atoms. The Kier molecular flexibility index (Phi) is 5.67. The molecule has 3 heterocycles. The number of amides is 1. The lowest BCUT2D eigenvalue weighted by Gasteiger charge is -2.09. The molecule has 0 bridgehead atoms. The van der Waals surface area contributed by atoms with E-state index in [1.54, 1.807) is 0 Å². The zero-order valence-corrected chi connectivity index (χ0v) is 18.4. The van der Waals surface area contributed by atoms with Crippen molar-refractivity contribution in [3.63, 3.8) is 0 Å². The lowest BCUT2D eigenvalue weighted by atomic mass is 10.2. The summed E-state index contributed by atoms with van der Waals surface area (Å²) in [7, 11) is 0. The zero-order valence-electron chi connectivity index (χ0n) is 16.1. The van der Waals surface area contributed by atoms with Crippen LogP contribution >= 0.6 is 27.5 Å². The summed E-state index contributed by atoms with van der Waals surface area (Å²) >= 11 is 9.12. The number of aryl methyl sites for hydroxylation is 1. The van der Waals surface area contributed by atoms with E-state index in [-0.39, 0.29) is 44.5 Å². The molecule has 4 aromatic rings. The zero-order chi connectivity index (χ0) is 23.2. The number of halogens is 6. The molecular weight excluding hydrogens is 520 g/mol. The van der Waals surface area contributed by atoms with Gasteiger partial charge in [-0.05, 0) is 41.1 Å². The molecule has 0 aliphatic carbocycles. The fraction of sp³-hybridized carbons (Fsp3) is 0.158.